The molecule has 0 aliphatic heterocycles. The van der Waals surface area contributed by atoms with Crippen LogP contribution in [0.25, 0.3) is 6.08 Å². The lowest BCUT2D eigenvalue weighted by Gasteiger charge is -2.00. The molecule has 0 aromatic heterocycles. The number of phenolic OH excluding ortho intramolecular Hbond substituents is 1. The Balaban J connectivity index is 2.25. The number of rotatable bonds is 3. The molecule has 0 heterocycles. The second kappa shape index (κ2) is 6.07. The minimum atomic E-state index is 0.173. The molecule has 2 N–H and O–H groups in total. The molecule has 2 rings (SSSR count). The summed E-state index contributed by atoms with van der Waals surface area (Å²) in [5.41, 5.74) is 1.77. The van der Waals surface area contributed by atoms with Gasteiger partial charge in [0.2, 0.25) is 0 Å². The monoisotopic (exact) mass is 273 g/mol. The van der Waals surface area contributed by atoms with Gasteiger partial charge in [-0.25, -0.2) is 0 Å². The Morgan fingerprint density at radius 1 is 1.05 bits per heavy atom. The fourth-order valence-electron chi connectivity index (χ4n) is 1.61. The predicted molar refractivity (Wildman–Crippen MR) is 76.9 cm³/mol. The van der Waals surface area contributed by atoms with E-state index in [0.717, 1.165) is 5.56 Å². The Kier molecular flexibility index (Phi) is 4.21. The summed E-state index contributed by atoms with van der Waals surface area (Å²) in [7, 11) is 0. The first-order valence-electron chi connectivity index (χ1n) is 5.65. The van der Waals surface area contributed by atoms with E-state index in [1.807, 2.05) is 6.07 Å². The largest absolute Gasteiger partial charge is 0.507 e. The number of aromatic hydroxyl groups is 1. The summed E-state index contributed by atoms with van der Waals surface area (Å²) in [5, 5.41) is 22.5. The van der Waals surface area contributed by atoms with Crippen molar-refractivity contribution >= 4 is 23.4 Å². The Morgan fingerprint density at radius 2 is 1.74 bits per heavy atom. The van der Waals surface area contributed by atoms with Gasteiger partial charge in [-0.05, 0) is 30.4 Å². The zero-order valence-electron chi connectivity index (χ0n) is 9.99. The summed E-state index contributed by atoms with van der Waals surface area (Å²) in [4.78, 5) is 0. The molecule has 3 nitrogen and oxygen atoms in total. The van der Waals surface area contributed by atoms with Crippen molar-refractivity contribution in [3.8, 4) is 5.75 Å². The molecule has 0 aliphatic carbocycles. The molecule has 4 heteroatoms. The number of hydrogen-bond acceptors (Lipinski definition) is 3. The van der Waals surface area contributed by atoms with Gasteiger partial charge < -0.3 is 10.3 Å². The van der Waals surface area contributed by atoms with E-state index in [-0.39, 0.29) is 5.75 Å². The first kappa shape index (κ1) is 13.2. The summed E-state index contributed by atoms with van der Waals surface area (Å²) in [6.07, 6.45) is 3.30. The highest BCUT2D eigenvalue weighted by molar-refractivity contribution is 6.30. The molecular weight excluding hydrogens is 262 g/mol. The molecule has 0 aliphatic rings. The van der Waals surface area contributed by atoms with Gasteiger partial charge in [0.15, 0.2) is 0 Å². The van der Waals surface area contributed by atoms with Crippen molar-refractivity contribution < 1.29 is 10.3 Å². The number of para-hydroxylation sites is 1. The van der Waals surface area contributed by atoms with E-state index < -0.39 is 0 Å². The van der Waals surface area contributed by atoms with Crippen molar-refractivity contribution in [2.24, 2.45) is 5.16 Å². The van der Waals surface area contributed by atoms with Crippen LogP contribution in [0.4, 0.5) is 0 Å². The van der Waals surface area contributed by atoms with Gasteiger partial charge >= 0.3 is 0 Å². The molecule has 0 atom stereocenters. The zero-order chi connectivity index (χ0) is 13.7. The van der Waals surface area contributed by atoms with Crippen molar-refractivity contribution in [1.82, 2.24) is 0 Å². The van der Waals surface area contributed by atoms with Crippen LogP contribution in [0, 0.1) is 0 Å². The maximum absolute atomic E-state index is 9.63. The minimum Gasteiger partial charge on any atom is -0.507 e. The van der Waals surface area contributed by atoms with Gasteiger partial charge in [0.25, 0.3) is 0 Å². The standard InChI is InChI=1S/C15H12ClNO2/c16-13-8-5-11(6-9-13)14(17-19)10-7-12-3-1-2-4-15(12)18/h1-10,18-19H/b10-7+,17-14+. The molecule has 0 radical (unpaired) electrons. The lowest BCUT2D eigenvalue weighted by atomic mass is 10.1. The predicted octanol–water partition coefficient (Wildman–Crippen LogP) is 3.94. The molecule has 96 valence electrons. The van der Waals surface area contributed by atoms with Gasteiger partial charge in [-0.1, -0.05) is 47.1 Å². The summed E-state index contributed by atoms with van der Waals surface area (Å²) < 4.78 is 0. The molecule has 2 aromatic carbocycles. The topological polar surface area (TPSA) is 52.8 Å². The van der Waals surface area contributed by atoms with E-state index in [0.29, 0.717) is 16.3 Å². The van der Waals surface area contributed by atoms with Gasteiger partial charge in [0.05, 0.1) is 0 Å². The third kappa shape index (κ3) is 3.36. The van der Waals surface area contributed by atoms with E-state index in [1.54, 1.807) is 54.6 Å². The Morgan fingerprint density at radius 3 is 2.37 bits per heavy atom. The smallest absolute Gasteiger partial charge is 0.122 e. The van der Waals surface area contributed by atoms with E-state index in [1.165, 1.54) is 0 Å². The molecule has 19 heavy (non-hydrogen) atoms. The van der Waals surface area contributed by atoms with Crippen LogP contribution < -0.4 is 0 Å². The molecule has 0 unspecified atom stereocenters. The molecular formula is C15H12ClNO2. The normalized spacial score (nSPS) is 11.9. The van der Waals surface area contributed by atoms with E-state index >= 15 is 0 Å². The van der Waals surface area contributed by atoms with Gasteiger partial charge in [0.1, 0.15) is 11.5 Å². The van der Waals surface area contributed by atoms with Crippen LogP contribution in [0.15, 0.2) is 59.8 Å². The van der Waals surface area contributed by atoms with Crippen LogP contribution in [0.5, 0.6) is 5.75 Å². The van der Waals surface area contributed by atoms with Crippen molar-refractivity contribution in [3.05, 3.63) is 70.8 Å². The van der Waals surface area contributed by atoms with Crippen LogP contribution in [-0.4, -0.2) is 16.0 Å². The summed E-state index contributed by atoms with van der Waals surface area (Å²) >= 11 is 5.80. The van der Waals surface area contributed by atoms with Crippen LogP contribution in [0.3, 0.4) is 0 Å². The molecule has 0 fully saturated rings. The maximum atomic E-state index is 9.63. The number of nitrogens with zero attached hydrogens (tertiary/aromatic N) is 1. The second-order valence-corrected chi connectivity index (χ2v) is 4.32. The Hall–Kier alpha value is -2.26. The zero-order valence-corrected chi connectivity index (χ0v) is 10.7. The van der Waals surface area contributed by atoms with Crippen LogP contribution in [-0.2, 0) is 0 Å². The van der Waals surface area contributed by atoms with E-state index in [2.05, 4.69) is 5.16 Å². The highest BCUT2D eigenvalue weighted by Gasteiger charge is 2.01. The highest BCUT2D eigenvalue weighted by atomic mass is 35.5. The summed E-state index contributed by atoms with van der Waals surface area (Å²) in [6, 6.07) is 13.9. The summed E-state index contributed by atoms with van der Waals surface area (Å²) in [5.74, 6) is 0.173. The average molecular weight is 274 g/mol. The van der Waals surface area contributed by atoms with Gasteiger partial charge in [-0.2, -0.15) is 0 Å². The van der Waals surface area contributed by atoms with Crippen LogP contribution in [0.2, 0.25) is 5.02 Å². The van der Waals surface area contributed by atoms with Crippen molar-refractivity contribution in [2.75, 3.05) is 0 Å². The first-order chi connectivity index (χ1) is 9.20. The number of hydrogen-bond donors (Lipinski definition) is 2. The molecule has 0 spiro atoms. The lowest BCUT2D eigenvalue weighted by Crippen LogP contribution is -1.96. The molecule has 2 aromatic rings. The third-order valence-electron chi connectivity index (χ3n) is 2.61. The SMILES string of the molecule is O/N=C(\C=C\c1ccccc1O)c1ccc(Cl)cc1. The van der Waals surface area contributed by atoms with Crippen LogP contribution >= 0.6 is 11.6 Å². The van der Waals surface area contributed by atoms with Crippen LogP contribution in [0.1, 0.15) is 11.1 Å². The number of halogens is 1. The van der Waals surface area contributed by atoms with Crippen molar-refractivity contribution in [3.63, 3.8) is 0 Å². The minimum absolute atomic E-state index is 0.173. The van der Waals surface area contributed by atoms with E-state index in [4.69, 9.17) is 16.8 Å². The van der Waals surface area contributed by atoms with Gasteiger partial charge in [-0.15, -0.1) is 0 Å². The van der Waals surface area contributed by atoms with Gasteiger partial charge in [-0.3, -0.25) is 0 Å². The number of oxime groups is 1. The number of benzene rings is 2. The molecule has 0 saturated carbocycles. The summed E-state index contributed by atoms with van der Waals surface area (Å²) in [6.45, 7) is 0. The Labute approximate surface area is 116 Å². The maximum Gasteiger partial charge on any atom is 0.122 e. The lowest BCUT2D eigenvalue weighted by molar-refractivity contribution is 0.320. The number of phenols is 1. The average Bonchev–Trinajstić information content (AvgIpc) is 2.43. The first-order valence-corrected chi connectivity index (χ1v) is 6.02. The highest BCUT2D eigenvalue weighted by Crippen LogP contribution is 2.18. The third-order valence-corrected chi connectivity index (χ3v) is 2.86. The Bertz CT molecular complexity index is 618. The molecule has 0 amide bonds. The number of allylic oxidation sites excluding steroid dienone is 1. The van der Waals surface area contributed by atoms with Gasteiger partial charge in [0, 0.05) is 16.1 Å². The van der Waals surface area contributed by atoms with Crippen molar-refractivity contribution in [1.29, 1.82) is 0 Å². The van der Waals surface area contributed by atoms with E-state index in [9.17, 15) is 5.11 Å². The fourth-order valence-corrected chi connectivity index (χ4v) is 1.73. The molecule has 0 bridgehead atoms. The fraction of sp³-hybridized carbons (Fsp3) is 0. The second-order valence-electron chi connectivity index (χ2n) is 3.88. The quantitative estimate of drug-likeness (QED) is 0.506. The molecule has 0 saturated heterocycles. The van der Waals surface area contributed by atoms with Crippen molar-refractivity contribution in [2.45, 2.75) is 0 Å².